The van der Waals surface area contributed by atoms with Crippen LogP contribution in [0, 0.1) is 5.92 Å². The van der Waals surface area contributed by atoms with Crippen LogP contribution in [0.1, 0.15) is 25.8 Å². The summed E-state index contributed by atoms with van der Waals surface area (Å²) >= 11 is 0. The Morgan fingerprint density at radius 1 is 1.25 bits per heavy atom. The van der Waals surface area contributed by atoms with Gasteiger partial charge < -0.3 is 16.2 Å². The maximum atomic E-state index is 12.0. The van der Waals surface area contributed by atoms with E-state index in [1.165, 1.54) is 0 Å². The van der Waals surface area contributed by atoms with E-state index in [1.54, 1.807) is 0 Å². The zero-order valence-electron chi connectivity index (χ0n) is 11.9. The number of nitrogens with two attached hydrogens (primary N) is 1. The number of benzene rings is 1. The molecule has 1 unspecified atom stereocenters. The first-order chi connectivity index (χ1) is 9.40. The minimum Gasteiger partial charge on any atom is -0.481 e. The molecule has 1 amide bonds. The minimum absolute atomic E-state index is 0.0407. The van der Waals surface area contributed by atoms with E-state index in [0.29, 0.717) is 6.42 Å². The number of hydrogen-bond donors (Lipinski definition) is 3. The molecule has 0 fully saturated rings. The molecular weight excluding hydrogens is 256 g/mol. The zero-order valence-corrected chi connectivity index (χ0v) is 11.9. The molecule has 1 aromatic carbocycles. The number of carbonyl (C=O) groups is 2. The Morgan fingerprint density at radius 2 is 1.85 bits per heavy atom. The maximum Gasteiger partial charge on any atom is 0.305 e. The number of aliphatic carboxylic acids is 1. The number of nitrogens with one attached hydrogen (secondary N) is 1. The van der Waals surface area contributed by atoms with Crippen molar-refractivity contribution in [3.05, 3.63) is 35.9 Å². The van der Waals surface area contributed by atoms with E-state index in [9.17, 15) is 9.59 Å². The molecule has 5 nitrogen and oxygen atoms in total. The third-order valence-electron chi connectivity index (χ3n) is 3.16. The quantitative estimate of drug-likeness (QED) is 0.698. The maximum absolute atomic E-state index is 12.0. The number of carboxylic acid groups (broad SMARTS) is 1. The lowest BCUT2D eigenvalue weighted by molar-refractivity contribution is -0.138. The predicted molar refractivity (Wildman–Crippen MR) is 77.1 cm³/mol. The molecule has 0 aliphatic heterocycles. The van der Waals surface area contributed by atoms with Gasteiger partial charge in [0.05, 0.1) is 12.5 Å². The van der Waals surface area contributed by atoms with E-state index in [0.717, 1.165) is 5.56 Å². The fraction of sp³-hybridized carbons (Fsp3) is 0.467. The van der Waals surface area contributed by atoms with Crippen molar-refractivity contribution < 1.29 is 14.7 Å². The highest BCUT2D eigenvalue weighted by atomic mass is 16.4. The van der Waals surface area contributed by atoms with Gasteiger partial charge in [-0.1, -0.05) is 44.2 Å². The normalized spacial score (nSPS) is 13.8. The van der Waals surface area contributed by atoms with Crippen molar-refractivity contribution in [2.75, 3.05) is 0 Å². The van der Waals surface area contributed by atoms with Crippen molar-refractivity contribution in [3.63, 3.8) is 0 Å². The van der Waals surface area contributed by atoms with E-state index in [1.807, 2.05) is 44.2 Å². The van der Waals surface area contributed by atoms with Crippen LogP contribution in [0.4, 0.5) is 0 Å². The highest BCUT2D eigenvalue weighted by molar-refractivity contribution is 5.82. The van der Waals surface area contributed by atoms with Crippen LogP contribution < -0.4 is 11.1 Å². The van der Waals surface area contributed by atoms with Gasteiger partial charge in [0.1, 0.15) is 0 Å². The van der Waals surface area contributed by atoms with Gasteiger partial charge in [0.25, 0.3) is 0 Å². The van der Waals surface area contributed by atoms with Crippen molar-refractivity contribution in [1.82, 2.24) is 5.32 Å². The summed E-state index contributed by atoms with van der Waals surface area (Å²) in [6.45, 7) is 3.74. The second-order valence-corrected chi connectivity index (χ2v) is 5.25. The first kappa shape index (κ1) is 16.2. The molecule has 20 heavy (non-hydrogen) atoms. The van der Waals surface area contributed by atoms with Crippen LogP contribution in [0.5, 0.6) is 0 Å². The van der Waals surface area contributed by atoms with E-state index in [-0.39, 0.29) is 18.2 Å². The smallest absolute Gasteiger partial charge is 0.305 e. The van der Waals surface area contributed by atoms with Gasteiger partial charge in [0.2, 0.25) is 5.91 Å². The summed E-state index contributed by atoms with van der Waals surface area (Å²) in [4.78, 5) is 22.8. The molecule has 1 rings (SSSR count). The summed E-state index contributed by atoms with van der Waals surface area (Å²) in [7, 11) is 0. The fourth-order valence-electron chi connectivity index (χ4n) is 1.89. The van der Waals surface area contributed by atoms with Crippen LogP contribution in [0.15, 0.2) is 30.3 Å². The summed E-state index contributed by atoms with van der Waals surface area (Å²) in [5.74, 6) is -1.20. The zero-order chi connectivity index (χ0) is 15.1. The number of hydrogen-bond acceptors (Lipinski definition) is 3. The van der Waals surface area contributed by atoms with Gasteiger partial charge in [0.15, 0.2) is 0 Å². The average molecular weight is 278 g/mol. The molecule has 2 atom stereocenters. The summed E-state index contributed by atoms with van der Waals surface area (Å²) in [6.07, 6.45) is 0.339. The molecule has 0 spiro atoms. The Hall–Kier alpha value is -1.88. The molecule has 0 bridgehead atoms. The fourth-order valence-corrected chi connectivity index (χ4v) is 1.89. The number of rotatable bonds is 7. The Labute approximate surface area is 119 Å². The van der Waals surface area contributed by atoms with E-state index < -0.39 is 18.1 Å². The van der Waals surface area contributed by atoms with Crippen molar-refractivity contribution >= 4 is 11.9 Å². The molecule has 0 aliphatic rings. The standard InChI is InChI=1S/C15H22N2O3/c1-10(2)13(9-14(18)19)17-15(20)12(16)8-11-6-4-3-5-7-11/h3-7,10,12-13H,8-9,16H2,1-2H3,(H,17,20)(H,18,19)/t12-,13?/m0/s1. The van der Waals surface area contributed by atoms with Gasteiger partial charge in [-0.25, -0.2) is 0 Å². The summed E-state index contributed by atoms with van der Waals surface area (Å²) in [6, 6.07) is 8.42. The van der Waals surface area contributed by atoms with Crippen LogP contribution in [-0.2, 0) is 16.0 Å². The molecule has 5 heteroatoms. The molecule has 0 heterocycles. The number of carbonyl (C=O) groups excluding carboxylic acids is 1. The largest absolute Gasteiger partial charge is 0.481 e. The summed E-state index contributed by atoms with van der Waals surface area (Å²) < 4.78 is 0. The molecule has 0 saturated carbocycles. The highest BCUT2D eigenvalue weighted by Crippen LogP contribution is 2.07. The van der Waals surface area contributed by atoms with E-state index in [4.69, 9.17) is 10.8 Å². The first-order valence-corrected chi connectivity index (χ1v) is 6.71. The second kappa shape index (κ2) is 7.65. The molecular formula is C15H22N2O3. The van der Waals surface area contributed by atoms with Gasteiger partial charge >= 0.3 is 5.97 Å². The van der Waals surface area contributed by atoms with Gasteiger partial charge in [-0.15, -0.1) is 0 Å². The van der Waals surface area contributed by atoms with Crippen LogP contribution >= 0.6 is 0 Å². The van der Waals surface area contributed by atoms with Crippen LogP contribution in [0.25, 0.3) is 0 Å². The van der Waals surface area contributed by atoms with Crippen LogP contribution in [0.3, 0.4) is 0 Å². The number of amides is 1. The Kier molecular flexibility index (Phi) is 6.18. The van der Waals surface area contributed by atoms with E-state index in [2.05, 4.69) is 5.32 Å². The molecule has 0 saturated heterocycles. The summed E-state index contributed by atoms with van der Waals surface area (Å²) in [5, 5.41) is 11.6. The third kappa shape index (κ3) is 5.40. The average Bonchev–Trinajstić information content (AvgIpc) is 2.38. The second-order valence-electron chi connectivity index (χ2n) is 5.25. The monoisotopic (exact) mass is 278 g/mol. The number of carboxylic acids is 1. The molecule has 0 aliphatic carbocycles. The van der Waals surface area contributed by atoms with Crippen LogP contribution in [0.2, 0.25) is 0 Å². The lowest BCUT2D eigenvalue weighted by Crippen LogP contribution is -2.48. The van der Waals surface area contributed by atoms with Gasteiger partial charge in [-0.2, -0.15) is 0 Å². The Balaban J connectivity index is 2.57. The topological polar surface area (TPSA) is 92.4 Å². The SMILES string of the molecule is CC(C)C(CC(=O)O)NC(=O)[C@@H](N)Cc1ccccc1. The van der Waals surface area contributed by atoms with E-state index >= 15 is 0 Å². The molecule has 4 N–H and O–H groups in total. The molecule has 0 radical (unpaired) electrons. The van der Waals surface area contributed by atoms with Gasteiger partial charge in [-0.3, -0.25) is 9.59 Å². The van der Waals surface area contributed by atoms with Crippen LogP contribution in [-0.4, -0.2) is 29.1 Å². The molecule has 0 aromatic heterocycles. The predicted octanol–water partition coefficient (Wildman–Crippen LogP) is 1.17. The van der Waals surface area contributed by atoms with Crippen molar-refractivity contribution in [2.24, 2.45) is 11.7 Å². The lowest BCUT2D eigenvalue weighted by atomic mass is 9.99. The van der Waals surface area contributed by atoms with Gasteiger partial charge in [-0.05, 0) is 17.9 Å². The van der Waals surface area contributed by atoms with Crippen molar-refractivity contribution in [1.29, 1.82) is 0 Å². The highest BCUT2D eigenvalue weighted by Gasteiger charge is 2.22. The van der Waals surface area contributed by atoms with Crippen molar-refractivity contribution in [2.45, 2.75) is 38.8 Å². The Morgan fingerprint density at radius 3 is 2.35 bits per heavy atom. The molecule has 1 aromatic rings. The lowest BCUT2D eigenvalue weighted by Gasteiger charge is -2.22. The Bertz CT molecular complexity index is 446. The molecule has 110 valence electrons. The van der Waals surface area contributed by atoms with Crippen molar-refractivity contribution in [3.8, 4) is 0 Å². The van der Waals surface area contributed by atoms with Gasteiger partial charge in [0, 0.05) is 6.04 Å². The summed E-state index contributed by atoms with van der Waals surface area (Å²) in [5.41, 5.74) is 6.85. The first-order valence-electron chi connectivity index (χ1n) is 6.71. The third-order valence-corrected chi connectivity index (χ3v) is 3.16. The minimum atomic E-state index is -0.930.